The monoisotopic (exact) mass is 300 g/mol. The first-order chi connectivity index (χ1) is 10.7. The smallest absolute Gasteiger partial charge is 0.165 e. The summed E-state index contributed by atoms with van der Waals surface area (Å²) in [5, 5.41) is 3.51. The van der Waals surface area contributed by atoms with Crippen molar-refractivity contribution in [3.63, 3.8) is 0 Å². The van der Waals surface area contributed by atoms with Gasteiger partial charge in [0.1, 0.15) is 0 Å². The number of ether oxygens (including phenoxy) is 1. The summed E-state index contributed by atoms with van der Waals surface area (Å²) in [5.74, 6) is -0.0238. The van der Waals surface area contributed by atoms with Crippen LogP contribution in [-0.4, -0.2) is 19.7 Å². The SMILES string of the molecule is COc1ccc(CN2CC(C)NCc3ccccc32)cc1F. The third-order valence-corrected chi connectivity index (χ3v) is 4.06. The highest BCUT2D eigenvalue weighted by Crippen LogP contribution is 2.26. The van der Waals surface area contributed by atoms with E-state index in [1.54, 1.807) is 12.1 Å². The molecule has 0 saturated heterocycles. The number of anilines is 1. The van der Waals surface area contributed by atoms with E-state index in [1.165, 1.54) is 18.4 Å². The Morgan fingerprint density at radius 3 is 2.86 bits per heavy atom. The second-order valence-corrected chi connectivity index (χ2v) is 5.76. The van der Waals surface area contributed by atoms with Crippen LogP contribution in [0.25, 0.3) is 0 Å². The van der Waals surface area contributed by atoms with E-state index in [9.17, 15) is 4.39 Å². The van der Waals surface area contributed by atoms with E-state index in [0.717, 1.165) is 18.7 Å². The summed E-state index contributed by atoms with van der Waals surface area (Å²) < 4.78 is 18.9. The van der Waals surface area contributed by atoms with Crippen molar-refractivity contribution < 1.29 is 9.13 Å². The first-order valence-corrected chi connectivity index (χ1v) is 7.56. The lowest BCUT2D eigenvalue weighted by Crippen LogP contribution is -2.35. The van der Waals surface area contributed by atoms with Crippen LogP contribution in [0.5, 0.6) is 5.75 Å². The predicted molar refractivity (Wildman–Crippen MR) is 86.7 cm³/mol. The molecule has 2 aromatic carbocycles. The maximum atomic E-state index is 13.9. The van der Waals surface area contributed by atoms with E-state index in [0.29, 0.717) is 12.6 Å². The molecule has 1 aliphatic rings. The van der Waals surface area contributed by atoms with E-state index < -0.39 is 0 Å². The van der Waals surface area contributed by atoms with Crippen molar-refractivity contribution in [2.45, 2.75) is 26.1 Å². The van der Waals surface area contributed by atoms with E-state index in [4.69, 9.17) is 4.74 Å². The highest BCUT2D eigenvalue weighted by molar-refractivity contribution is 5.55. The Balaban J connectivity index is 1.88. The van der Waals surface area contributed by atoms with Crippen molar-refractivity contribution in [1.82, 2.24) is 5.32 Å². The fourth-order valence-electron chi connectivity index (χ4n) is 2.92. The normalized spacial score (nSPS) is 17.8. The van der Waals surface area contributed by atoms with Gasteiger partial charge in [-0.2, -0.15) is 0 Å². The molecule has 0 aromatic heterocycles. The number of nitrogens with zero attached hydrogens (tertiary/aromatic N) is 1. The quantitative estimate of drug-likeness (QED) is 0.941. The van der Waals surface area contributed by atoms with Gasteiger partial charge in [0.25, 0.3) is 0 Å². The Labute approximate surface area is 130 Å². The Morgan fingerprint density at radius 2 is 2.09 bits per heavy atom. The molecule has 1 unspecified atom stereocenters. The van der Waals surface area contributed by atoms with Gasteiger partial charge in [-0.05, 0) is 36.2 Å². The molecule has 0 aliphatic carbocycles. The maximum absolute atomic E-state index is 13.9. The van der Waals surface area contributed by atoms with Crippen LogP contribution in [0.3, 0.4) is 0 Å². The first kappa shape index (κ1) is 14.9. The van der Waals surface area contributed by atoms with Gasteiger partial charge in [0.2, 0.25) is 0 Å². The third-order valence-electron chi connectivity index (χ3n) is 4.06. The second kappa shape index (κ2) is 6.36. The van der Waals surface area contributed by atoms with Gasteiger partial charge in [-0.25, -0.2) is 4.39 Å². The standard InChI is InChI=1S/C18H21FN2O/c1-13-11-21(17-6-4-3-5-15(17)10-20-13)12-14-7-8-18(22-2)16(19)9-14/h3-9,13,20H,10-12H2,1-2H3. The van der Waals surface area contributed by atoms with E-state index in [-0.39, 0.29) is 11.6 Å². The molecular weight excluding hydrogens is 279 g/mol. The number of hydrogen-bond acceptors (Lipinski definition) is 3. The van der Waals surface area contributed by atoms with Crippen LogP contribution in [0.1, 0.15) is 18.1 Å². The fourth-order valence-corrected chi connectivity index (χ4v) is 2.92. The molecule has 1 aliphatic heterocycles. The van der Waals surface area contributed by atoms with Crippen LogP contribution in [0.4, 0.5) is 10.1 Å². The van der Waals surface area contributed by atoms with Gasteiger partial charge in [-0.1, -0.05) is 24.3 Å². The Morgan fingerprint density at radius 1 is 1.27 bits per heavy atom. The summed E-state index contributed by atoms with van der Waals surface area (Å²) in [6.45, 7) is 4.62. The Bertz CT molecular complexity index is 659. The van der Waals surface area contributed by atoms with Gasteiger partial charge >= 0.3 is 0 Å². The molecular formula is C18H21FN2O. The van der Waals surface area contributed by atoms with Crippen LogP contribution in [0.2, 0.25) is 0 Å². The maximum Gasteiger partial charge on any atom is 0.165 e. The average Bonchev–Trinajstić information content (AvgIpc) is 2.67. The number of hydrogen-bond donors (Lipinski definition) is 1. The van der Waals surface area contributed by atoms with E-state index in [2.05, 4.69) is 41.4 Å². The number of benzene rings is 2. The van der Waals surface area contributed by atoms with E-state index >= 15 is 0 Å². The summed E-state index contributed by atoms with van der Waals surface area (Å²) in [4.78, 5) is 2.31. The molecule has 0 radical (unpaired) electrons. The van der Waals surface area contributed by atoms with Crippen molar-refractivity contribution in [2.24, 2.45) is 0 Å². The topological polar surface area (TPSA) is 24.5 Å². The Hall–Kier alpha value is -2.07. The highest BCUT2D eigenvalue weighted by Gasteiger charge is 2.19. The van der Waals surface area contributed by atoms with Gasteiger partial charge in [0, 0.05) is 31.4 Å². The molecule has 3 rings (SSSR count). The largest absolute Gasteiger partial charge is 0.494 e. The third kappa shape index (κ3) is 3.07. The molecule has 3 nitrogen and oxygen atoms in total. The molecule has 2 aromatic rings. The summed E-state index contributed by atoms with van der Waals surface area (Å²) >= 11 is 0. The van der Waals surface area contributed by atoms with Crippen LogP contribution in [0, 0.1) is 5.82 Å². The van der Waals surface area contributed by atoms with Crippen molar-refractivity contribution in [3.05, 3.63) is 59.4 Å². The number of para-hydroxylation sites is 1. The molecule has 0 fully saturated rings. The number of methoxy groups -OCH3 is 1. The van der Waals surface area contributed by atoms with Gasteiger partial charge < -0.3 is 15.0 Å². The van der Waals surface area contributed by atoms with E-state index in [1.807, 2.05) is 6.07 Å². The zero-order valence-corrected chi connectivity index (χ0v) is 13.0. The molecule has 0 bridgehead atoms. The zero-order valence-electron chi connectivity index (χ0n) is 13.0. The second-order valence-electron chi connectivity index (χ2n) is 5.76. The minimum Gasteiger partial charge on any atom is -0.494 e. The van der Waals surface area contributed by atoms with Crippen molar-refractivity contribution in [1.29, 1.82) is 0 Å². The van der Waals surface area contributed by atoms with Gasteiger partial charge in [-0.15, -0.1) is 0 Å². The minimum atomic E-state index is -0.311. The molecule has 22 heavy (non-hydrogen) atoms. The molecule has 0 spiro atoms. The summed E-state index contributed by atoms with van der Waals surface area (Å²) in [5.41, 5.74) is 3.44. The number of rotatable bonds is 3. The lowest BCUT2D eigenvalue weighted by Gasteiger charge is -2.26. The van der Waals surface area contributed by atoms with Crippen LogP contribution in [0.15, 0.2) is 42.5 Å². The van der Waals surface area contributed by atoms with Gasteiger partial charge in [0.15, 0.2) is 11.6 Å². The number of halogens is 1. The Kier molecular flexibility index (Phi) is 4.29. The average molecular weight is 300 g/mol. The molecule has 4 heteroatoms. The lowest BCUT2D eigenvalue weighted by molar-refractivity contribution is 0.386. The summed E-state index contributed by atoms with van der Waals surface area (Å²) in [6, 6.07) is 13.9. The molecule has 0 saturated carbocycles. The van der Waals surface area contributed by atoms with Crippen LogP contribution in [-0.2, 0) is 13.1 Å². The summed E-state index contributed by atoms with van der Waals surface area (Å²) in [6.07, 6.45) is 0. The lowest BCUT2D eigenvalue weighted by atomic mass is 10.1. The van der Waals surface area contributed by atoms with Crippen LogP contribution >= 0.6 is 0 Å². The fraction of sp³-hybridized carbons (Fsp3) is 0.333. The van der Waals surface area contributed by atoms with Gasteiger partial charge in [0.05, 0.1) is 7.11 Å². The van der Waals surface area contributed by atoms with Crippen molar-refractivity contribution >= 4 is 5.69 Å². The predicted octanol–water partition coefficient (Wildman–Crippen LogP) is 3.33. The minimum absolute atomic E-state index is 0.287. The van der Waals surface area contributed by atoms with Crippen LogP contribution < -0.4 is 15.0 Å². The molecule has 1 atom stereocenters. The molecule has 116 valence electrons. The van der Waals surface area contributed by atoms with Gasteiger partial charge in [-0.3, -0.25) is 0 Å². The highest BCUT2D eigenvalue weighted by atomic mass is 19.1. The zero-order chi connectivity index (χ0) is 15.5. The van der Waals surface area contributed by atoms with Crippen molar-refractivity contribution in [2.75, 3.05) is 18.6 Å². The molecule has 1 N–H and O–H groups in total. The first-order valence-electron chi connectivity index (χ1n) is 7.56. The van der Waals surface area contributed by atoms with Crippen molar-refractivity contribution in [3.8, 4) is 5.75 Å². The molecule has 1 heterocycles. The summed E-state index contributed by atoms with van der Waals surface area (Å²) in [7, 11) is 1.48. The number of fused-ring (bicyclic) bond motifs is 1. The molecule has 0 amide bonds. The number of nitrogens with one attached hydrogen (secondary N) is 1.